The van der Waals surface area contributed by atoms with E-state index in [1.165, 1.54) is 44.6 Å². The Balaban J connectivity index is 1.63. The van der Waals surface area contributed by atoms with Gasteiger partial charge in [-0.25, -0.2) is 0 Å². The van der Waals surface area contributed by atoms with Crippen LogP contribution < -0.4 is 0 Å². The van der Waals surface area contributed by atoms with Gasteiger partial charge in [-0.3, -0.25) is 4.90 Å². The highest BCUT2D eigenvalue weighted by atomic mass is 15.2. The highest BCUT2D eigenvalue weighted by Crippen LogP contribution is 2.25. The fourth-order valence-electron chi connectivity index (χ4n) is 3.69. The molecule has 2 heterocycles. The molecule has 0 spiro atoms. The summed E-state index contributed by atoms with van der Waals surface area (Å²) in [4.78, 5) is 5.14. The van der Waals surface area contributed by atoms with E-state index in [1.807, 2.05) is 0 Å². The molecule has 2 aliphatic heterocycles. The monoisotopic (exact) mass is 272 g/mol. The number of hydrogen-bond donors (Lipinski definition) is 0. The van der Waals surface area contributed by atoms with Crippen molar-refractivity contribution in [3.05, 3.63) is 34.9 Å². The van der Waals surface area contributed by atoms with Crippen molar-refractivity contribution >= 4 is 0 Å². The van der Waals surface area contributed by atoms with Crippen LogP contribution in [0.2, 0.25) is 0 Å². The van der Waals surface area contributed by atoms with E-state index < -0.39 is 0 Å². The maximum Gasteiger partial charge on any atom is 0.0236 e. The first-order valence-electron chi connectivity index (χ1n) is 8.14. The van der Waals surface area contributed by atoms with Crippen LogP contribution in [0.15, 0.2) is 18.2 Å². The van der Waals surface area contributed by atoms with Gasteiger partial charge in [0.05, 0.1) is 0 Å². The Morgan fingerprint density at radius 1 is 1.20 bits per heavy atom. The first-order valence-corrected chi connectivity index (χ1v) is 8.14. The van der Waals surface area contributed by atoms with E-state index in [-0.39, 0.29) is 0 Å². The van der Waals surface area contributed by atoms with Gasteiger partial charge in [-0.05, 0) is 55.0 Å². The molecule has 110 valence electrons. The van der Waals surface area contributed by atoms with Crippen LogP contribution in [0.1, 0.15) is 42.9 Å². The third-order valence-electron chi connectivity index (χ3n) is 4.99. The Morgan fingerprint density at radius 2 is 2.05 bits per heavy atom. The Bertz CT molecular complexity index is 466. The molecule has 0 aliphatic carbocycles. The quantitative estimate of drug-likeness (QED) is 0.834. The largest absolute Gasteiger partial charge is 0.306 e. The molecule has 1 atom stereocenters. The third-order valence-corrected chi connectivity index (χ3v) is 4.99. The lowest BCUT2D eigenvalue weighted by Gasteiger charge is -2.31. The normalized spacial score (nSPS) is 24.3. The second-order valence-electron chi connectivity index (χ2n) is 7.08. The van der Waals surface area contributed by atoms with Gasteiger partial charge in [-0.15, -0.1) is 0 Å². The molecule has 0 N–H and O–H groups in total. The molecule has 1 fully saturated rings. The highest BCUT2D eigenvalue weighted by Gasteiger charge is 2.24. The van der Waals surface area contributed by atoms with E-state index in [9.17, 15) is 0 Å². The van der Waals surface area contributed by atoms with Crippen molar-refractivity contribution in [1.82, 2.24) is 9.80 Å². The summed E-state index contributed by atoms with van der Waals surface area (Å²) < 4.78 is 0. The molecule has 3 rings (SSSR count). The molecule has 2 aliphatic rings. The predicted molar refractivity (Wildman–Crippen MR) is 85.1 cm³/mol. The van der Waals surface area contributed by atoms with Gasteiger partial charge in [0.1, 0.15) is 0 Å². The van der Waals surface area contributed by atoms with Crippen LogP contribution in [-0.4, -0.2) is 43.0 Å². The molecule has 1 unspecified atom stereocenters. The van der Waals surface area contributed by atoms with E-state index in [1.54, 1.807) is 11.1 Å². The summed E-state index contributed by atoms with van der Waals surface area (Å²) >= 11 is 0. The van der Waals surface area contributed by atoms with Crippen molar-refractivity contribution in [3.8, 4) is 0 Å². The van der Waals surface area contributed by atoms with Gasteiger partial charge >= 0.3 is 0 Å². The summed E-state index contributed by atoms with van der Waals surface area (Å²) in [5.74, 6) is 1.53. The first-order chi connectivity index (χ1) is 9.61. The number of nitrogens with zero attached hydrogens (tertiary/aromatic N) is 2. The molecular formula is C18H28N2. The van der Waals surface area contributed by atoms with Crippen molar-refractivity contribution < 1.29 is 0 Å². The van der Waals surface area contributed by atoms with E-state index >= 15 is 0 Å². The van der Waals surface area contributed by atoms with Crippen LogP contribution in [0.5, 0.6) is 0 Å². The Hall–Kier alpha value is -0.860. The van der Waals surface area contributed by atoms with Crippen LogP contribution in [0.25, 0.3) is 0 Å². The number of fused-ring (bicyclic) bond motifs is 1. The molecule has 1 aromatic rings. The third kappa shape index (κ3) is 3.07. The van der Waals surface area contributed by atoms with Gasteiger partial charge in [0.15, 0.2) is 0 Å². The molecule has 2 heteroatoms. The lowest BCUT2D eigenvalue weighted by Crippen LogP contribution is -2.35. The summed E-state index contributed by atoms with van der Waals surface area (Å²) in [6.45, 7) is 10.8. The summed E-state index contributed by atoms with van der Waals surface area (Å²) in [6, 6.07) is 7.15. The number of benzene rings is 1. The standard InChI is InChI=1S/C18H28N2/c1-14(2)16-4-5-18-13-20(9-7-17(18)10-16)12-15-6-8-19(3)11-15/h4-5,10,14-15H,6-9,11-13H2,1-3H3. The number of rotatable bonds is 3. The zero-order chi connectivity index (χ0) is 14.1. The van der Waals surface area contributed by atoms with Crippen LogP contribution in [-0.2, 0) is 13.0 Å². The molecule has 0 amide bonds. The highest BCUT2D eigenvalue weighted by molar-refractivity contribution is 5.35. The molecule has 0 bridgehead atoms. The summed E-state index contributed by atoms with van der Waals surface area (Å²) in [5, 5.41) is 0. The number of likely N-dealkylation sites (tertiary alicyclic amines) is 1. The van der Waals surface area contributed by atoms with E-state index in [2.05, 4.69) is 48.9 Å². The molecule has 0 radical (unpaired) electrons. The molecule has 1 saturated heterocycles. The fraction of sp³-hybridized carbons (Fsp3) is 0.667. The molecular weight excluding hydrogens is 244 g/mol. The van der Waals surface area contributed by atoms with Gasteiger partial charge < -0.3 is 4.90 Å². The smallest absolute Gasteiger partial charge is 0.0236 e. The van der Waals surface area contributed by atoms with Gasteiger partial charge in [-0.1, -0.05) is 32.0 Å². The predicted octanol–water partition coefficient (Wildman–Crippen LogP) is 3.12. The molecule has 20 heavy (non-hydrogen) atoms. The van der Waals surface area contributed by atoms with Crippen LogP contribution in [0.3, 0.4) is 0 Å². The van der Waals surface area contributed by atoms with Gasteiger partial charge in [0.25, 0.3) is 0 Å². The maximum absolute atomic E-state index is 2.67. The van der Waals surface area contributed by atoms with Crippen LogP contribution >= 0.6 is 0 Å². The lowest BCUT2D eigenvalue weighted by atomic mass is 9.93. The van der Waals surface area contributed by atoms with Crippen molar-refractivity contribution in [3.63, 3.8) is 0 Å². The average Bonchev–Trinajstić information content (AvgIpc) is 2.83. The zero-order valence-electron chi connectivity index (χ0n) is 13.2. The summed E-state index contributed by atoms with van der Waals surface area (Å²) in [5.41, 5.74) is 4.65. The Kier molecular flexibility index (Phi) is 4.13. The Labute approximate surface area is 123 Å². The van der Waals surface area contributed by atoms with E-state index in [0.717, 1.165) is 12.5 Å². The van der Waals surface area contributed by atoms with Crippen molar-refractivity contribution in [2.45, 2.75) is 39.2 Å². The summed E-state index contributed by atoms with van der Waals surface area (Å²) in [6.07, 6.45) is 2.62. The Morgan fingerprint density at radius 3 is 2.75 bits per heavy atom. The second-order valence-corrected chi connectivity index (χ2v) is 7.08. The first kappa shape index (κ1) is 14.1. The average molecular weight is 272 g/mol. The lowest BCUT2D eigenvalue weighted by molar-refractivity contribution is 0.214. The zero-order valence-corrected chi connectivity index (χ0v) is 13.2. The number of hydrogen-bond acceptors (Lipinski definition) is 2. The minimum atomic E-state index is 0.646. The van der Waals surface area contributed by atoms with Gasteiger partial charge in [-0.2, -0.15) is 0 Å². The van der Waals surface area contributed by atoms with Crippen molar-refractivity contribution in [1.29, 1.82) is 0 Å². The molecule has 0 aromatic heterocycles. The molecule has 0 saturated carbocycles. The van der Waals surface area contributed by atoms with Gasteiger partial charge in [0.2, 0.25) is 0 Å². The SMILES string of the molecule is CC(C)c1ccc2c(c1)CCN(CC1CCN(C)C1)C2. The minimum absolute atomic E-state index is 0.646. The summed E-state index contributed by atoms with van der Waals surface area (Å²) in [7, 11) is 2.25. The minimum Gasteiger partial charge on any atom is -0.306 e. The van der Waals surface area contributed by atoms with Gasteiger partial charge in [0, 0.05) is 26.2 Å². The van der Waals surface area contributed by atoms with E-state index in [4.69, 9.17) is 0 Å². The van der Waals surface area contributed by atoms with E-state index in [0.29, 0.717) is 5.92 Å². The second kappa shape index (κ2) is 5.87. The van der Waals surface area contributed by atoms with Crippen LogP contribution in [0, 0.1) is 5.92 Å². The maximum atomic E-state index is 2.67. The van der Waals surface area contributed by atoms with Crippen molar-refractivity contribution in [2.24, 2.45) is 5.92 Å². The van der Waals surface area contributed by atoms with Crippen LogP contribution in [0.4, 0.5) is 0 Å². The van der Waals surface area contributed by atoms with Crippen molar-refractivity contribution in [2.75, 3.05) is 33.2 Å². The molecule has 2 nitrogen and oxygen atoms in total. The molecule has 1 aromatic carbocycles. The fourth-order valence-corrected chi connectivity index (χ4v) is 3.69. The topological polar surface area (TPSA) is 6.48 Å².